The average Bonchev–Trinajstić information content (AvgIpc) is 2.23. The van der Waals surface area contributed by atoms with Crippen molar-refractivity contribution in [3.63, 3.8) is 0 Å². The molecule has 1 unspecified atom stereocenters. The summed E-state index contributed by atoms with van der Waals surface area (Å²) in [5.41, 5.74) is 0. The topological polar surface area (TPSA) is 78.5 Å². The number of hydrogen-bond acceptors (Lipinski definition) is 3. The largest absolute Gasteiger partial charge is 0.337 e. The van der Waals surface area contributed by atoms with Crippen molar-refractivity contribution in [2.75, 3.05) is 38.8 Å². The van der Waals surface area contributed by atoms with E-state index in [9.17, 15) is 13.2 Å². The summed E-state index contributed by atoms with van der Waals surface area (Å²) in [6, 6.07) is -0.252. The number of nitrogens with one attached hydrogen (secondary N) is 2. The first-order valence-electron chi connectivity index (χ1n) is 5.27. The SMILES string of the molecule is CC(CCl)CS(=O)(=O)NCCNC(=O)N(C)C. The van der Waals surface area contributed by atoms with E-state index >= 15 is 0 Å². The van der Waals surface area contributed by atoms with E-state index in [2.05, 4.69) is 10.0 Å². The molecule has 17 heavy (non-hydrogen) atoms. The van der Waals surface area contributed by atoms with E-state index in [1.54, 1.807) is 21.0 Å². The zero-order chi connectivity index (χ0) is 13.5. The Hall–Kier alpha value is -0.530. The lowest BCUT2D eigenvalue weighted by atomic mass is 10.3. The molecule has 0 rings (SSSR count). The molecule has 0 aromatic carbocycles. The fourth-order valence-electron chi connectivity index (χ4n) is 1.01. The van der Waals surface area contributed by atoms with Gasteiger partial charge in [0.1, 0.15) is 0 Å². The summed E-state index contributed by atoms with van der Waals surface area (Å²) < 4.78 is 25.4. The number of alkyl halides is 1. The molecule has 0 aromatic rings. The minimum absolute atomic E-state index is 0.00186. The fraction of sp³-hybridized carbons (Fsp3) is 0.889. The molecule has 0 heterocycles. The molecule has 2 amide bonds. The number of nitrogens with zero attached hydrogens (tertiary/aromatic N) is 1. The highest BCUT2D eigenvalue weighted by Gasteiger charge is 2.14. The fourth-order valence-corrected chi connectivity index (χ4v) is 2.65. The maximum atomic E-state index is 11.5. The Kier molecular flexibility index (Phi) is 7.49. The Bertz CT molecular complexity index is 332. The minimum atomic E-state index is -3.31. The van der Waals surface area contributed by atoms with E-state index in [4.69, 9.17) is 11.6 Å². The van der Waals surface area contributed by atoms with Gasteiger partial charge in [-0.2, -0.15) is 0 Å². The van der Waals surface area contributed by atoms with Gasteiger partial charge in [0.2, 0.25) is 10.0 Å². The molecule has 0 aliphatic carbocycles. The van der Waals surface area contributed by atoms with Gasteiger partial charge in [-0.15, -0.1) is 11.6 Å². The lowest BCUT2D eigenvalue weighted by Gasteiger charge is -2.13. The molecule has 1 atom stereocenters. The maximum absolute atomic E-state index is 11.5. The third-order valence-electron chi connectivity index (χ3n) is 1.90. The lowest BCUT2D eigenvalue weighted by Crippen LogP contribution is -2.40. The van der Waals surface area contributed by atoms with E-state index in [0.717, 1.165) is 0 Å². The highest BCUT2D eigenvalue weighted by molar-refractivity contribution is 7.89. The number of carbonyl (C=O) groups is 1. The van der Waals surface area contributed by atoms with Crippen LogP contribution in [-0.2, 0) is 10.0 Å². The van der Waals surface area contributed by atoms with Crippen LogP contribution < -0.4 is 10.0 Å². The van der Waals surface area contributed by atoms with Crippen molar-refractivity contribution in [2.24, 2.45) is 5.92 Å². The van der Waals surface area contributed by atoms with Crippen molar-refractivity contribution in [1.82, 2.24) is 14.9 Å². The average molecular weight is 286 g/mol. The number of halogens is 1. The number of carbonyl (C=O) groups excluding carboxylic acids is 1. The normalized spacial score (nSPS) is 13.2. The van der Waals surface area contributed by atoms with Crippen LogP contribution in [0.2, 0.25) is 0 Å². The standard InChI is InChI=1S/C9H20ClN3O3S/c1-8(6-10)7-17(15,16)12-5-4-11-9(14)13(2)3/h8,12H,4-7H2,1-3H3,(H,11,14). The minimum Gasteiger partial charge on any atom is -0.337 e. The van der Waals surface area contributed by atoms with Gasteiger partial charge < -0.3 is 10.2 Å². The molecular formula is C9H20ClN3O3S. The van der Waals surface area contributed by atoms with E-state index in [1.807, 2.05) is 0 Å². The Morgan fingerprint density at radius 1 is 1.35 bits per heavy atom. The summed E-state index contributed by atoms with van der Waals surface area (Å²) in [5, 5.41) is 2.56. The number of urea groups is 1. The van der Waals surface area contributed by atoms with Crippen LogP contribution in [0.15, 0.2) is 0 Å². The van der Waals surface area contributed by atoms with Gasteiger partial charge in [0.15, 0.2) is 0 Å². The van der Waals surface area contributed by atoms with Crippen LogP contribution in [0.3, 0.4) is 0 Å². The number of hydrogen-bond donors (Lipinski definition) is 2. The molecule has 0 bridgehead atoms. The predicted molar refractivity (Wildman–Crippen MR) is 68.8 cm³/mol. The number of amides is 2. The van der Waals surface area contributed by atoms with Crippen LogP contribution in [-0.4, -0.2) is 58.2 Å². The van der Waals surface area contributed by atoms with Crippen LogP contribution in [0.1, 0.15) is 6.92 Å². The molecule has 0 spiro atoms. The smallest absolute Gasteiger partial charge is 0.316 e. The highest BCUT2D eigenvalue weighted by Crippen LogP contribution is 2.01. The zero-order valence-electron chi connectivity index (χ0n) is 10.4. The molecule has 8 heteroatoms. The molecule has 0 aliphatic heterocycles. The summed E-state index contributed by atoms with van der Waals surface area (Å²) in [7, 11) is -0.0850. The monoisotopic (exact) mass is 285 g/mol. The van der Waals surface area contributed by atoms with Crippen molar-refractivity contribution in [3.05, 3.63) is 0 Å². The quantitative estimate of drug-likeness (QED) is 0.513. The lowest BCUT2D eigenvalue weighted by molar-refractivity contribution is 0.217. The van der Waals surface area contributed by atoms with Crippen molar-refractivity contribution >= 4 is 27.7 Å². The molecule has 0 saturated carbocycles. The van der Waals surface area contributed by atoms with E-state index in [-0.39, 0.29) is 30.8 Å². The summed E-state index contributed by atoms with van der Waals surface area (Å²) in [4.78, 5) is 12.5. The van der Waals surface area contributed by atoms with Gasteiger partial charge in [-0.05, 0) is 5.92 Å². The third kappa shape index (κ3) is 8.23. The third-order valence-corrected chi connectivity index (χ3v) is 4.08. The molecular weight excluding hydrogens is 266 g/mol. The number of sulfonamides is 1. The highest BCUT2D eigenvalue weighted by atomic mass is 35.5. The number of rotatable bonds is 7. The van der Waals surface area contributed by atoms with Crippen molar-refractivity contribution < 1.29 is 13.2 Å². The van der Waals surface area contributed by atoms with Crippen molar-refractivity contribution in [3.8, 4) is 0 Å². The molecule has 0 fully saturated rings. The first-order valence-corrected chi connectivity index (χ1v) is 7.45. The van der Waals surface area contributed by atoms with E-state index < -0.39 is 10.0 Å². The predicted octanol–water partition coefficient (Wildman–Crippen LogP) is 0.0519. The van der Waals surface area contributed by atoms with Crippen LogP contribution >= 0.6 is 11.6 Å². The van der Waals surface area contributed by atoms with Crippen LogP contribution in [0.4, 0.5) is 4.79 Å². The van der Waals surface area contributed by atoms with Gasteiger partial charge in [0.25, 0.3) is 0 Å². The summed E-state index contributed by atoms with van der Waals surface area (Å²) in [6.45, 7) is 2.20. The summed E-state index contributed by atoms with van der Waals surface area (Å²) in [6.07, 6.45) is 0. The Balaban J connectivity index is 3.85. The first kappa shape index (κ1) is 16.5. The molecule has 0 aromatic heterocycles. The first-order chi connectivity index (χ1) is 7.78. The zero-order valence-corrected chi connectivity index (χ0v) is 11.9. The Morgan fingerprint density at radius 3 is 2.41 bits per heavy atom. The summed E-state index contributed by atoms with van der Waals surface area (Å²) in [5.74, 6) is 0.210. The van der Waals surface area contributed by atoms with Gasteiger partial charge in [-0.1, -0.05) is 6.92 Å². The molecule has 2 N–H and O–H groups in total. The molecule has 102 valence electrons. The van der Waals surface area contributed by atoms with Gasteiger partial charge in [-0.25, -0.2) is 17.9 Å². The Labute approximate surface area is 108 Å². The second kappa shape index (κ2) is 7.73. The van der Waals surface area contributed by atoms with Crippen LogP contribution in [0.25, 0.3) is 0 Å². The van der Waals surface area contributed by atoms with Gasteiger partial charge >= 0.3 is 6.03 Å². The van der Waals surface area contributed by atoms with E-state index in [1.165, 1.54) is 4.90 Å². The molecule has 0 aliphatic rings. The van der Waals surface area contributed by atoms with Crippen molar-refractivity contribution in [2.45, 2.75) is 6.92 Å². The maximum Gasteiger partial charge on any atom is 0.316 e. The molecule has 0 saturated heterocycles. The second-order valence-corrected chi connectivity index (χ2v) is 6.22. The van der Waals surface area contributed by atoms with Crippen LogP contribution in [0.5, 0.6) is 0 Å². The van der Waals surface area contributed by atoms with Crippen LogP contribution in [0, 0.1) is 5.92 Å². The van der Waals surface area contributed by atoms with Crippen molar-refractivity contribution in [1.29, 1.82) is 0 Å². The van der Waals surface area contributed by atoms with E-state index in [0.29, 0.717) is 5.88 Å². The van der Waals surface area contributed by atoms with Gasteiger partial charge in [-0.3, -0.25) is 0 Å². The molecule has 0 radical (unpaired) electrons. The van der Waals surface area contributed by atoms with Gasteiger partial charge in [0.05, 0.1) is 5.75 Å². The Morgan fingerprint density at radius 2 is 1.94 bits per heavy atom. The molecule has 6 nitrogen and oxygen atoms in total. The second-order valence-electron chi connectivity index (χ2n) is 4.06. The van der Waals surface area contributed by atoms with Gasteiger partial charge in [0, 0.05) is 33.1 Å². The summed E-state index contributed by atoms with van der Waals surface area (Å²) >= 11 is 5.54.